The van der Waals surface area contributed by atoms with Gasteiger partial charge >= 0.3 is 0 Å². The molecule has 0 heterocycles. The summed E-state index contributed by atoms with van der Waals surface area (Å²) in [6.45, 7) is 0. The van der Waals surface area contributed by atoms with Gasteiger partial charge in [0.2, 0.25) is 0 Å². The number of hydrogen-bond acceptors (Lipinski definition) is 4. The number of benzene rings is 3. The molecule has 0 radical (unpaired) electrons. The number of phenolic OH excluding ortho intramolecular Hbond substituents is 2. The van der Waals surface area contributed by atoms with Crippen molar-refractivity contribution in [2.24, 2.45) is 0 Å². The van der Waals surface area contributed by atoms with Gasteiger partial charge in [-0.15, -0.1) is 0 Å². The third kappa shape index (κ3) is 4.62. The van der Waals surface area contributed by atoms with Crippen LogP contribution >= 0.6 is 0 Å². The van der Waals surface area contributed by atoms with E-state index in [1.165, 1.54) is 18.2 Å². The van der Waals surface area contributed by atoms with Gasteiger partial charge in [0.25, 0.3) is 0 Å². The molecule has 2 N–H and O–H groups in total. The van der Waals surface area contributed by atoms with Crippen LogP contribution in [0.3, 0.4) is 0 Å². The van der Waals surface area contributed by atoms with Crippen molar-refractivity contribution in [3.05, 3.63) is 107 Å². The lowest BCUT2D eigenvalue weighted by Gasteiger charge is -2.06. The van der Waals surface area contributed by atoms with Crippen LogP contribution in [0.4, 0.5) is 0 Å². The first-order chi connectivity index (χ1) is 13.5. The first kappa shape index (κ1) is 18.9. The number of carbonyl (C=O) groups is 2. The molecule has 0 amide bonds. The maximum atomic E-state index is 12.4. The van der Waals surface area contributed by atoms with Gasteiger partial charge in [0, 0.05) is 6.07 Å². The summed E-state index contributed by atoms with van der Waals surface area (Å²) in [5.74, 6) is -1.71. The molecule has 4 heteroatoms. The second-order valence-electron chi connectivity index (χ2n) is 6.10. The fourth-order valence-electron chi connectivity index (χ4n) is 2.62. The van der Waals surface area contributed by atoms with Crippen LogP contribution in [0.25, 0.3) is 12.2 Å². The van der Waals surface area contributed by atoms with E-state index in [-0.39, 0.29) is 22.6 Å². The van der Waals surface area contributed by atoms with Crippen LogP contribution in [-0.2, 0) is 0 Å². The molecule has 0 aromatic heterocycles. The van der Waals surface area contributed by atoms with Crippen LogP contribution < -0.4 is 0 Å². The van der Waals surface area contributed by atoms with Crippen molar-refractivity contribution in [3.63, 3.8) is 0 Å². The number of phenols is 2. The van der Waals surface area contributed by atoms with Gasteiger partial charge in [-0.3, -0.25) is 9.59 Å². The average Bonchev–Trinajstić information content (AvgIpc) is 2.72. The molecule has 0 unspecified atom stereocenters. The number of aromatic hydroxyl groups is 2. The van der Waals surface area contributed by atoms with Gasteiger partial charge in [-0.25, -0.2) is 0 Å². The lowest BCUT2D eigenvalue weighted by Crippen LogP contribution is -2.01. The molecule has 3 rings (SSSR count). The molecule has 0 aliphatic heterocycles. The lowest BCUT2D eigenvalue weighted by molar-refractivity contribution is 0.104. The highest BCUT2D eigenvalue weighted by atomic mass is 16.3. The van der Waals surface area contributed by atoms with E-state index < -0.39 is 11.6 Å². The Morgan fingerprint density at radius 1 is 0.607 bits per heavy atom. The maximum absolute atomic E-state index is 12.4. The van der Waals surface area contributed by atoms with Gasteiger partial charge in [0.15, 0.2) is 11.6 Å². The minimum atomic E-state index is -0.470. The third-order valence-electron chi connectivity index (χ3n) is 4.10. The fraction of sp³-hybridized carbons (Fsp3) is 0. The van der Waals surface area contributed by atoms with Crippen molar-refractivity contribution in [1.82, 2.24) is 0 Å². The summed E-state index contributed by atoms with van der Waals surface area (Å²) in [6, 6.07) is 20.7. The van der Waals surface area contributed by atoms with E-state index in [1.807, 2.05) is 60.7 Å². The molecule has 0 atom stereocenters. The molecule has 0 spiro atoms. The summed E-state index contributed by atoms with van der Waals surface area (Å²) in [6.07, 6.45) is 5.86. The molecule has 0 bridgehead atoms. The van der Waals surface area contributed by atoms with Crippen molar-refractivity contribution in [1.29, 1.82) is 0 Å². The lowest BCUT2D eigenvalue weighted by atomic mass is 10.0. The van der Waals surface area contributed by atoms with Crippen LogP contribution in [0.15, 0.2) is 84.9 Å². The highest BCUT2D eigenvalue weighted by Gasteiger charge is 2.16. The maximum Gasteiger partial charge on any atom is 0.189 e. The highest BCUT2D eigenvalue weighted by molar-refractivity contribution is 6.13. The Labute approximate surface area is 162 Å². The Kier molecular flexibility index (Phi) is 5.82. The van der Waals surface area contributed by atoms with E-state index in [0.29, 0.717) is 0 Å². The monoisotopic (exact) mass is 370 g/mol. The summed E-state index contributed by atoms with van der Waals surface area (Å²) >= 11 is 0. The molecular formula is C24H18O4. The predicted molar refractivity (Wildman–Crippen MR) is 109 cm³/mol. The number of ketones is 2. The zero-order valence-corrected chi connectivity index (χ0v) is 14.9. The minimum absolute atomic E-state index is 0.0542. The summed E-state index contributed by atoms with van der Waals surface area (Å²) in [5, 5.41) is 20.1. The molecule has 0 saturated carbocycles. The Balaban J connectivity index is 1.85. The molecule has 0 saturated heterocycles. The Morgan fingerprint density at radius 3 is 1.39 bits per heavy atom. The quantitative estimate of drug-likeness (QED) is 0.478. The van der Waals surface area contributed by atoms with E-state index in [1.54, 1.807) is 12.2 Å². The van der Waals surface area contributed by atoms with Crippen molar-refractivity contribution >= 4 is 23.7 Å². The van der Waals surface area contributed by atoms with Crippen molar-refractivity contribution in [2.75, 3.05) is 0 Å². The second kappa shape index (κ2) is 8.64. The fourth-order valence-corrected chi connectivity index (χ4v) is 2.62. The molecule has 0 aliphatic carbocycles. The van der Waals surface area contributed by atoms with Gasteiger partial charge in [0.05, 0.1) is 11.1 Å². The summed E-state index contributed by atoms with van der Waals surface area (Å²) in [4.78, 5) is 24.9. The first-order valence-corrected chi connectivity index (χ1v) is 8.65. The van der Waals surface area contributed by atoms with E-state index >= 15 is 0 Å². The normalized spacial score (nSPS) is 11.1. The number of allylic oxidation sites excluding steroid dienone is 2. The summed E-state index contributed by atoms with van der Waals surface area (Å²) < 4.78 is 0. The summed E-state index contributed by atoms with van der Waals surface area (Å²) in [7, 11) is 0. The van der Waals surface area contributed by atoms with Crippen molar-refractivity contribution < 1.29 is 19.8 Å². The van der Waals surface area contributed by atoms with Gasteiger partial charge in [0.1, 0.15) is 11.5 Å². The van der Waals surface area contributed by atoms with Gasteiger partial charge in [-0.2, -0.15) is 0 Å². The number of rotatable bonds is 6. The molecule has 4 nitrogen and oxygen atoms in total. The minimum Gasteiger partial charge on any atom is -0.507 e. The molecule has 3 aromatic rings. The van der Waals surface area contributed by atoms with Crippen molar-refractivity contribution in [2.45, 2.75) is 0 Å². The predicted octanol–water partition coefficient (Wildman–Crippen LogP) is 4.89. The molecule has 28 heavy (non-hydrogen) atoms. The SMILES string of the molecule is O=C(/C=C/c1ccccc1)c1cc(C(=O)/C=C/c2ccccc2)c(O)cc1O. The molecule has 0 fully saturated rings. The molecule has 0 aliphatic rings. The van der Waals surface area contributed by atoms with Crippen LogP contribution in [0, 0.1) is 0 Å². The molecule has 138 valence electrons. The first-order valence-electron chi connectivity index (χ1n) is 8.65. The standard InChI is InChI=1S/C24H18O4/c25-21(13-11-17-7-3-1-4-8-17)19-15-20(24(28)16-23(19)27)22(26)14-12-18-9-5-2-6-10-18/h1-16,27-28H/b13-11+,14-12+. The van der Waals surface area contributed by atoms with Gasteiger partial charge in [-0.1, -0.05) is 72.8 Å². The third-order valence-corrected chi connectivity index (χ3v) is 4.10. The van der Waals surface area contributed by atoms with Crippen LogP contribution in [0.5, 0.6) is 11.5 Å². The van der Waals surface area contributed by atoms with E-state index in [0.717, 1.165) is 17.2 Å². The van der Waals surface area contributed by atoms with Crippen molar-refractivity contribution in [3.8, 4) is 11.5 Å². The smallest absolute Gasteiger partial charge is 0.189 e. The van der Waals surface area contributed by atoms with E-state index in [9.17, 15) is 19.8 Å². The van der Waals surface area contributed by atoms with Crippen LogP contribution in [0.1, 0.15) is 31.8 Å². The van der Waals surface area contributed by atoms with Gasteiger partial charge in [-0.05, 0) is 29.3 Å². The Bertz CT molecular complexity index is 966. The van der Waals surface area contributed by atoms with Crippen LogP contribution in [-0.4, -0.2) is 21.8 Å². The zero-order chi connectivity index (χ0) is 19.9. The zero-order valence-electron chi connectivity index (χ0n) is 14.9. The number of hydrogen-bond donors (Lipinski definition) is 2. The Morgan fingerprint density at radius 2 is 1.00 bits per heavy atom. The highest BCUT2D eigenvalue weighted by Crippen LogP contribution is 2.29. The second-order valence-corrected chi connectivity index (χ2v) is 6.10. The van der Waals surface area contributed by atoms with Crippen LogP contribution in [0.2, 0.25) is 0 Å². The largest absolute Gasteiger partial charge is 0.507 e. The molecule has 3 aromatic carbocycles. The Hall–Kier alpha value is -3.92. The van der Waals surface area contributed by atoms with E-state index in [2.05, 4.69) is 0 Å². The number of carbonyl (C=O) groups excluding carboxylic acids is 2. The summed E-state index contributed by atoms with van der Waals surface area (Å²) in [5.41, 5.74) is 1.55. The topological polar surface area (TPSA) is 74.6 Å². The van der Waals surface area contributed by atoms with E-state index in [4.69, 9.17) is 0 Å². The average molecular weight is 370 g/mol. The van der Waals surface area contributed by atoms with Gasteiger partial charge < -0.3 is 10.2 Å². The molecular weight excluding hydrogens is 352 g/mol.